The van der Waals surface area contributed by atoms with E-state index in [2.05, 4.69) is 10.6 Å². The van der Waals surface area contributed by atoms with Crippen LogP contribution in [0.15, 0.2) is 40.8 Å². The molecule has 174 valence electrons. The van der Waals surface area contributed by atoms with Gasteiger partial charge in [-0.1, -0.05) is 26.0 Å². The lowest BCUT2D eigenvalue weighted by atomic mass is 9.98. The number of hydrogen-bond acceptors (Lipinski definition) is 4. The van der Waals surface area contributed by atoms with Gasteiger partial charge in [-0.25, -0.2) is 4.39 Å². The van der Waals surface area contributed by atoms with Crippen LogP contribution in [-0.2, 0) is 4.79 Å². The van der Waals surface area contributed by atoms with Crippen LogP contribution in [0.2, 0.25) is 0 Å². The largest absolute Gasteiger partial charge is 0.456 e. The number of nitriles is 1. The molecular formula is C24H23F4N3O2. The average Bonchev–Trinajstić information content (AvgIpc) is 3.41. The molecule has 0 unspecified atom stereocenters. The van der Waals surface area contributed by atoms with E-state index in [1.807, 2.05) is 6.07 Å². The number of furan rings is 1. The molecule has 4 rings (SSSR count). The molecular weight excluding hydrogens is 438 g/mol. The highest BCUT2D eigenvalue weighted by Crippen LogP contribution is 2.38. The number of nitrogens with one attached hydrogen (secondary N) is 2. The molecule has 33 heavy (non-hydrogen) atoms. The normalized spacial score (nSPS) is 17.2. The Labute approximate surface area is 187 Å². The zero-order valence-corrected chi connectivity index (χ0v) is 18.1. The zero-order chi connectivity index (χ0) is 24.0. The number of fused-ring (bicyclic) bond motifs is 3. The smallest absolute Gasteiger partial charge is 0.407 e. The quantitative estimate of drug-likeness (QED) is 0.455. The van der Waals surface area contributed by atoms with E-state index in [0.717, 1.165) is 0 Å². The average molecular weight is 461 g/mol. The Morgan fingerprint density at radius 1 is 1.15 bits per heavy atom. The summed E-state index contributed by atoms with van der Waals surface area (Å²) in [6.45, 7) is 3.61. The molecule has 3 aromatic rings. The van der Waals surface area contributed by atoms with Gasteiger partial charge in [-0.05, 0) is 48.9 Å². The number of halogens is 4. The summed E-state index contributed by atoms with van der Waals surface area (Å²) >= 11 is 0. The highest BCUT2D eigenvalue weighted by Gasteiger charge is 2.47. The van der Waals surface area contributed by atoms with Gasteiger partial charge >= 0.3 is 6.18 Å². The molecule has 2 atom stereocenters. The summed E-state index contributed by atoms with van der Waals surface area (Å²) in [4.78, 5) is 12.8. The van der Waals surface area contributed by atoms with Crippen molar-refractivity contribution in [3.8, 4) is 6.07 Å². The molecule has 5 nitrogen and oxygen atoms in total. The minimum atomic E-state index is -4.70. The van der Waals surface area contributed by atoms with Crippen LogP contribution in [-0.4, -0.2) is 23.7 Å². The van der Waals surface area contributed by atoms with Crippen LogP contribution in [0, 0.1) is 23.1 Å². The van der Waals surface area contributed by atoms with Gasteiger partial charge in [0, 0.05) is 16.8 Å². The van der Waals surface area contributed by atoms with Gasteiger partial charge in [-0.2, -0.15) is 18.4 Å². The summed E-state index contributed by atoms with van der Waals surface area (Å²) in [5, 5.41) is 15.5. The van der Waals surface area contributed by atoms with Crippen LogP contribution in [0.5, 0.6) is 0 Å². The van der Waals surface area contributed by atoms with E-state index in [4.69, 9.17) is 4.42 Å². The van der Waals surface area contributed by atoms with Gasteiger partial charge in [0.2, 0.25) is 5.91 Å². The molecule has 0 aliphatic heterocycles. The van der Waals surface area contributed by atoms with Crippen LogP contribution >= 0.6 is 0 Å². The third-order valence-corrected chi connectivity index (χ3v) is 5.84. The Kier molecular flexibility index (Phi) is 5.83. The second kappa shape index (κ2) is 8.34. The second-order valence-corrected chi connectivity index (χ2v) is 9.00. The van der Waals surface area contributed by atoms with E-state index in [1.54, 1.807) is 13.8 Å². The minimum Gasteiger partial charge on any atom is -0.456 e. The predicted octanol–water partition coefficient (Wildman–Crippen LogP) is 5.51. The van der Waals surface area contributed by atoms with E-state index >= 15 is 0 Å². The maximum atomic E-state index is 14.1. The molecule has 9 heteroatoms. The van der Waals surface area contributed by atoms with Gasteiger partial charge in [-0.15, -0.1) is 0 Å². The lowest BCUT2D eigenvalue weighted by Gasteiger charge is -2.29. The number of hydrogen-bond donors (Lipinski definition) is 2. The van der Waals surface area contributed by atoms with Crippen LogP contribution in [0.25, 0.3) is 21.9 Å². The molecule has 1 aliphatic carbocycles. The Bertz CT molecular complexity index is 1240. The monoisotopic (exact) mass is 461 g/mol. The molecule has 0 radical (unpaired) electrons. The van der Waals surface area contributed by atoms with E-state index in [1.165, 1.54) is 36.4 Å². The Balaban J connectivity index is 1.67. The van der Waals surface area contributed by atoms with Crippen LogP contribution in [0.3, 0.4) is 0 Å². The number of carbonyl (C=O) groups excluding carboxylic acids is 1. The molecule has 1 heterocycles. The third-order valence-electron chi connectivity index (χ3n) is 5.84. The first kappa shape index (κ1) is 23.1. The molecule has 0 bridgehead atoms. The summed E-state index contributed by atoms with van der Waals surface area (Å²) in [6.07, 6.45) is -3.58. The molecule has 1 fully saturated rings. The maximum absolute atomic E-state index is 14.1. The van der Waals surface area contributed by atoms with Crippen LogP contribution in [0.4, 0.5) is 17.6 Å². The third kappa shape index (κ3) is 4.81. The van der Waals surface area contributed by atoms with Crippen molar-refractivity contribution in [1.82, 2.24) is 10.6 Å². The molecule has 1 amide bonds. The fourth-order valence-corrected chi connectivity index (χ4v) is 3.96. The second-order valence-electron chi connectivity index (χ2n) is 9.00. The molecule has 1 aliphatic rings. The summed E-state index contributed by atoms with van der Waals surface area (Å²) < 4.78 is 61.5. The van der Waals surface area contributed by atoms with Gasteiger partial charge in [0.15, 0.2) is 0 Å². The van der Waals surface area contributed by atoms with Gasteiger partial charge in [0.05, 0.1) is 12.1 Å². The Hall–Kier alpha value is -3.12. The van der Waals surface area contributed by atoms with Gasteiger partial charge in [0.1, 0.15) is 28.6 Å². The minimum absolute atomic E-state index is 0.0629. The van der Waals surface area contributed by atoms with Gasteiger partial charge in [0.25, 0.3) is 0 Å². The number of carbonyl (C=O) groups is 1. The molecule has 2 aromatic carbocycles. The number of amides is 1. The first-order valence-corrected chi connectivity index (χ1v) is 10.7. The van der Waals surface area contributed by atoms with Crippen LogP contribution < -0.4 is 10.6 Å². The Morgan fingerprint density at radius 2 is 1.79 bits per heavy atom. The summed E-state index contributed by atoms with van der Waals surface area (Å²) in [7, 11) is 0. The zero-order valence-electron chi connectivity index (χ0n) is 18.1. The molecule has 1 saturated carbocycles. The summed E-state index contributed by atoms with van der Waals surface area (Å²) in [5.41, 5.74) is -0.681. The molecule has 0 spiro atoms. The fraction of sp³-hybridized carbons (Fsp3) is 0.417. The summed E-state index contributed by atoms with van der Waals surface area (Å²) in [5.74, 6) is -1.20. The van der Waals surface area contributed by atoms with Gasteiger partial charge in [-0.3, -0.25) is 10.1 Å². The number of benzene rings is 2. The molecule has 1 aromatic heterocycles. The van der Waals surface area contributed by atoms with Crippen molar-refractivity contribution in [2.45, 2.75) is 56.9 Å². The number of alkyl halides is 3. The molecule has 2 N–H and O–H groups in total. The van der Waals surface area contributed by atoms with E-state index in [-0.39, 0.29) is 29.1 Å². The van der Waals surface area contributed by atoms with E-state index < -0.39 is 35.5 Å². The van der Waals surface area contributed by atoms with E-state index in [0.29, 0.717) is 23.6 Å². The van der Waals surface area contributed by atoms with Crippen molar-refractivity contribution in [3.63, 3.8) is 0 Å². The Morgan fingerprint density at radius 3 is 2.36 bits per heavy atom. The van der Waals surface area contributed by atoms with Crippen molar-refractivity contribution in [2.24, 2.45) is 5.92 Å². The predicted molar refractivity (Wildman–Crippen MR) is 115 cm³/mol. The number of nitrogens with zero attached hydrogens (tertiary/aromatic N) is 1. The lowest BCUT2D eigenvalue weighted by Crippen LogP contribution is -2.52. The highest BCUT2D eigenvalue weighted by atomic mass is 19.4. The van der Waals surface area contributed by atoms with Crippen molar-refractivity contribution >= 4 is 27.8 Å². The fourth-order valence-electron chi connectivity index (χ4n) is 3.96. The van der Waals surface area contributed by atoms with Crippen molar-refractivity contribution in [3.05, 3.63) is 47.8 Å². The van der Waals surface area contributed by atoms with Gasteiger partial charge < -0.3 is 9.73 Å². The van der Waals surface area contributed by atoms with Crippen molar-refractivity contribution in [2.75, 3.05) is 0 Å². The van der Waals surface area contributed by atoms with E-state index in [9.17, 15) is 27.6 Å². The standard InChI is InChI=1S/C24H23F4N3O2/c1-13(2)9-18(22(32)31-23(12-29)7-8-23)30-21(24(26,27)28)14-3-5-16-17-6-4-15(25)11-20(17)33-19(16)10-14/h3-6,10-11,13,18,21,30H,7-9H2,1-2H3,(H,31,32)/t18-,21-/m0/s1. The van der Waals surface area contributed by atoms with Crippen LogP contribution in [0.1, 0.15) is 44.7 Å². The first-order chi connectivity index (χ1) is 15.5. The first-order valence-electron chi connectivity index (χ1n) is 10.7. The van der Waals surface area contributed by atoms with Crippen molar-refractivity contribution < 1.29 is 26.8 Å². The SMILES string of the molecule is CC(C)C[C@H](N[C@@H](c1ccc2c(c1)oc1cc(F)ccc12)C(F)(F)F)C(=O)NC1(C#N)CC1. The topological polar surface area (TPSA) is 78.1 Å². The maximum Gasteiger partial charge on any atom is 0.407 e. The lowest BCUT2D eigenvalue weighted by molar-refractivity contribution is -0.161. The van der Waals surface area contributed by atoms with Crippen molar-refractivity contribution in [1.29, 1.82) is 5.26 Å². The highest BCUT2D eigenvalue weighted by molar-refractivity contribution is 6.05. The molecule has 0 saturated heterocycles. The number of rotatable bonds is 7. The summed E-state index contributed by atoms with van der Waals surface area (Å²) in [6, 6.07) is 6.78.